The maximum absolute atomic E-state index is 14.4. The molecule has 0 radical (unpaired) electrons. The van der Waals surface area contributed by atoms with Crippen molar-refractivity contribution in [2.45, 2.75) is 13.1 Å². The van der Waals surface area contributed by atoms with Gasteiger partial charge < -0.3 is 14.1 Å². The largest absolute Gasteiger partial charge is 0.478 e. The van der Waals surface area contributed by atoms with Crippen LogP contribution in [0.25, 0.3) is 33.1 Å². The number of furan rings is 1. The lowest BCUT2D eigenvalue weighted by Gasteiger charge is -2.33. The molecule has 0 atom stereocenters. The number of carboxylic acid groups (broad SMARTS) is 1. The molecule has 9 heteroatoms. The zero-order valence-electron chi connectivity index (χ0n) is 20.8. The van der Waals surface area contributed by atoms with Gasteiger partial charge >= 0.3 is 5.97 Å². The van der Waals surface area contributed by atoms with Crippen molar-refractivity contribution in [1.82, 2.24) is 19.4 Å². The van der Waals surface area contributed by atoms with Crippen LogP contribution in [-0.2, 0) is 20.1 Å². The third-order valence-electron chi connectivity index (χ3n) is 7.24. The van der Waals surface area contributed by atoms with Gasteiger partial charge in [0.05, 0.1) is 29.7 Å². The molecule has 1 N–H and O–H groups in total. The highest BCUT2D eigenvalue weighted by molar-refractivity contribution is 6.30. The number of halogens is 2. The zero-order valence-corrected chi connectivity index (χ0v) is 21.6. The smallest absolute Gasteiger partial charge is 0.335 e. The third kappa shape index (κ3) is 4.78. The van der Waals surface area contributed by atoms with E-state index < -0.39 is 5.97 Å². The fourth-order valence-electron chi connectivity index (χ4n) is 5.10. The molecule has 3 aromatic carbocycles. The summed E-state index contributed by atoms with van der Waals surface area (Å²) in [5, 5.41) is 10.6. The molecule has 0 unspecified atom stereocenters. The summed E-state index contributed by atoms with van der Waals surface area (Å²) < 4.78 is 22.5. The summed E-state index contributed by atoms with van der Waals surface area (Å²) in [5.74, 6) is 0.504. The molecule has 1 aliphatic rings. The van der Waals surface area contributed by atoms with Crippen molar-refractivity contribution in [3.05, 3.63) is 88.7 Å². The summed E-state index contributed by atoms with van der Waals surface area (Å²) >= 11 is 5.89. The van der Waals surface area contributed by atoms with Gasteiger partial charge in [0.2, 0.25) is 0 Å². The number of carbonyl (C=O) groups is 1. The van der Waals surface area contributed by atoms with Crippen LogP contribution in [0.5, 0.6) is 0 Å². The van der Waals surface area contributed by atoms with Crippen molar-refractivity contribution >= 4 is 39.6 Å². The highest BCUT2D eigenvalue weighted by atomic mass is 35.5. The number of carboxylic acids is 1. The minimum Gasteiger partial charge on any atom is -0.478 e. The van der Waals surface area contributed by atoms with E-state index in [1.54, 1.807) is 30.3 Å². The summed E-state index contributed by atoms with van der Waals surface area (Å²) in [7, 11) is 1.93. The molecule has 0 bridgehead atoms. The van der Waals surface area contributed by atoms with Gasteiger partial charge in [-0.25, -0.2) is 14.2 Å². The van der Waals surface area contributed by atoms with Crippen LogP contribution in [0.1, 0.15) is 21.9 Å². The average molecular weight is 533 g/mol. The maximum Gasteiger partial charge on any atom is 0.335 e. The minimum atomic E-state index is -0.939. The minimum absolute atomic E-state index is 0.264. The second kappa shape index (κ2) is 9.87. The van der Waals surface area contributed by atoms with Gasteiger partial charge in [0.1, 0.15) is 23.0 Å². The Bertz CT molecular complexity index is 1670. The first kappa shape index (κ1) is 24.6. The van der Waals surface area contributed by atoms with E-state index >= 15 is 0 Å². The molecule has 3 heterocycles. The molecule has 194 valence electrons. The van der Waals surface area contributed by atoms with E-state index in [4.69, 9.17) is 21.0 Å². The molecule has 38 heavy (non-hydrogen) atoms. The predicted molar refractivity (Wildman–Crippen MR) is 145 cm³/mol. The zero-order chi connectivity index (χ0) is 26.4. The monoisotopic (exact) mass is 532 g/mol. The quantitative estimate of drug-likeness (QED) is 0.298. The van der Waals surface area contributed by atoms with Gasteiger partial charge in [0, 0.05) is 49.2 Å². The summed E-state index contributed by atoms with van der Waals surface area (Å²) in [6.07, 6.45) is 0. The molecule has 0 spiro atoms. The van der Waals surface area contributed by atoms with Gasteiger partial charge in [-0.3, -0.25) is 9.80 Å². The summed E-state index contributed by atoms with van der Waals surface area (Å²) in [4.78, 5) is 20.8. The number of aromatic carboxylic acids is 1. The number of aromatic nitrogens is 2. The molecular formula is C29H26ClFN4O3. The van der Waals surface area contributed by atoms with Crippen LogP contribution in [0.2, 0.25) is 5.02 Å². The van der Waals surface area contributed by atoms with E-state index in [-0.39, 0.29) is 11.4 Å². The van der Waals surface area contributed by atoms with Crippen molar-refractivity contribution in [3.63, 3.8) is 0 Å². The maximum atomic E-state index is 14.4. The molecule has 0 amide bonds. The Kier molecular flexibility index (Phi) is 6.39. The van der Waals surface area contributed by atoms with Crippen LogP contribution in [0, 0.1) is 5.82 Å². The van der Waals surface area contributed by atoms with Crippen molar-refractivity contribution in [2.24, 2.45) is 7.05 Å². The highest BCUT2D eigenvalue weighted by Gasteiger charge is 2.21. The Hall–Kier alpha value is -3.72. The number of hydrogen-bond donors (Lipinski definition) is 1. The van der Waals surface area contributed by atoms with Crippen molar-refractivity contribution in [3.8, 4) is 11.1 Å². The predicted octanol–water partition coefficient (Wildman–Crippen LogP) is 5.80. The van der Waals surface area contributed by atoms with Gasteiger partial charge in [-0.15, -0.1) is 0 Å². The van der Waals surface area contributed by atoms with E-state index in [0.29, 0.717) is 23.7 Å². The van der Waals surface area contributed by atoms with Crippen molar-refractivity contribution in [1.29, 1.82) is 0 Å². The fraction of sp³-hybridized carbons (Fsp3) is 0.241. The fourth-order valence-corrected chi connectivity index (χ4v) is 5.25. The molecule has 6 rings (SSSR count). The molecule has 1 fully saturated rings. The molecule has 0 saturated carbocycles. The lowest BCUT2D eigenvalue weighted by Crippen LogP contribution is -2.45. The van der Waals surface area contributed by atoms with Crippen molar-refractivity contribution in [2.75, 3.05) is 26.2 Å². The van der Waals surface area contributed by atoms with Crippen LogP contribution < -0.4 is 0 Å². The number of benzene rings is 3. The van der Waals surface area contributed by atoms with E-state index in [0.717, 1.165) is 65.3 Å². The SMILES string of the molecule is Cn1c(CN2CCN(Cc3cc4ccc(-c5ccc(Cl)cc5F)cc4o3)CC2)nc2ccc(C(=O)O)cc21. The van der Waals surface area contributed by atoms with Crippen LogP contribution in [-0.4, -0.2) is 56.6 Å². The number of nitrogens with zero attached hydrogens (tertiary/aromatic N) is 4. The summed E-state index contributed by atoms with van der Waals surface area (Å²) in [6, 6.07) is 17.5. The van der Waals surface area contributed by atoms with Gasteiger partial charge in [-0.2, -0.15) is 0 Å². The first-order valence-electron chi connectivity index (χ1n) is 12.5. The second-order valence-corrected chi connectivity index (χ2v) is 10.2. The molecule has 0 aliphatic carbocycles. The van der Waals surface area contributed by atoms with Crippen molar-refractivity contribution < 1.29 is 18.7 Å². The average Bonchev–Trinajstić information content (AvgIpc) is 3.44. The normalized spacial score (nSPS) is 15.0. The number of aryl methyl sites for hydroxylation is 1. The number of hydrogen-bond acceptors (Lipinski definition) is 5. The Morgan fingerprint density at radius 1 is 1.00 bits per heavy atom. The lowest BCUT2D eigenvalue weighted by molar-refractivity contribution is 0.0697. The Morgan fingerprint density at radius 3 is 2.50 bits per heavy atom. The van der Waals surface area contributed by atoms with Crippen LogP contribution in [0.4, 0.5) is 4.39 Å². The summed E-state index contributed by atoms with van der Waals surface area (Å²) in [5.41, 5.74) is 3.87. The Balaban J connectivity index is 1.10. The number of fused-ring (bicyclic) bond motifs is 2. The third-order valence-corrected chi connectivity index (χ3v) is 7.48. The highest BCUT2D eigenvalue weighted by Crippen LogP contribution is 2.30. The first-order chi connectivity index (χ1) is 18.3. The standard InChI is InChI=1S/C29H26ClFN4O3/c1-33-26-13-20(29(36)37)4-7-25(26)32-28(33)17-35-10-8-34(9-11-35)16-22-12-19-3-2-18(14-27(19)38-22)23-6-5-21(30)15-24(23)31/h2-7,12-15H,8-11,16-17H2,1H3,(H,36,37). The van der Waals surface area contributed by atoms with E-state index in [2.05, 4.69) is 15.9 Å². The van der Waals surface area contributed by atoms with Crippen LogP contribution >= 0.6 is 11.6 Å². The molecule has 1 saturated heterocycles. The molecule has 2 aromatic heterocycles. The summed E-state index contributed by atoms with van der Waals surface area (Å²) in [6.45, 7) is 4.98. The Labute approximate surface area is 223 Å². The molecule has 5 aromatic rings. The van der Waals surface area contributed by atoms with E-state index in [9.17, 15) is 14.3 Å². The molecule has 1 aliphatic heterocycles. The Morgan fingerprint density at radius 2 is 1.76 bits per heavy atom. The molecule has 7 nitrogen and oxygen atoms in total. The molecular weight excluding hydrogens is 507 g/mol. The number of imidazole rings is 1. The second-order valence-electron chi connectivity index (χ2n) is 9.74. The number of rotatable bonds is 6. The lowest BCUT2D eigenvalue weighted by atomic mass is 10.0. The van der Waals surface area contributed by atoms with Gasteiger partial charge in [0.15, 0.2) is 0 Å². The van der Waals surface area contributed by atoms with E-state index in [1.165, 1.54) is 6.07 Å². The van der Waals surface area contributed by atoms with Gasteiger partial charge in [-0.05, 0) is 54.1 Å². The van der Waals surface area contributed by atoms with Crippen LogP contribution in [0.3, 0.4) is 0 Å². The van der Waals surface area contributed by atoms with E-state index in [1.807, 2.05) is 29.8 Å². The number of piperazine rings is 1. The van der Waals surface area contributed by atoms with Crippen LogP contribution in [0.15, 0.2) is 65.1 Å². The first-order valence-corrected chi connectivity index (χ1v) is 12.8. The van der Waals surface area contributed by atoms with Gasteiger partial charge in [0.25, 0.3) is 0 Å². The van der Waals surface area contributed by atoms with Gasteiger partial charge in [-0.1, -0.05) is 23.7 Å². The topological polar surface area (TPSA) is 74.7 Å².